The van der Waals surface area contributed by atoms with E-state index in [1.54, 1.807) is 0 Å². The summed E-state index contributed by atoms with van der Waals surface area (Å²) < 4.78 is 5.00. The molecule has 2 heteroatoms. The van der Waals surface area contributed by atoms with Gasteiger partial charge in [-0.05, 0) is 11.5 Å². The lowest BCUT2D eigenvalue weighted by molar-refractivity contribution is -0.150. The second-order valence-corrected chi connectivity index (χ2v) is 3.88. The molecule has 0 aromatic heterocycles. The van der Waals surface area contributed by atoms with Gasteiger partial charge in [-0.3, -0.25) is 4.79 Å². The van der Waals surface area contributed by atoms with Crippen LogP contribution in [0.2, 0.25) is 0 Å². The van der Waals surface area contributed by atoms with Crippen molar-refractivity contribution in [2.24, 2.45) is 5.92 Å². The minimum atomic E-state index is -0.0723. The van der Waals surface area contributed by atoms with Gasteiger partial charge in [0.25, 0.3) is 0 Å². The van der Waals surface area contributed by atoms with Crippen molar-refractivity contribution < 1.29 is 9.53 Å². The molecule has 0 bridgehead atoms. The first-order chi connectivity index (χ1) is 6.77. The summed E-state index contributed by atoms with van der Waals surface area (Å²) >= 11 is 0. The molecule has 1 unspecified atom stereocenters. The molecule has 0 saturated carbocycles. The number of rotatable bonds is 1. The second kappa shape index (κ2) is 3.82. The first kappa shape index (κ1) is 9.25. The van der Waals surface area contributed by atoms with E-state index in [2.05, 4.69) is 19.1 Å². The van der Waals surface area contributed by atoms with Gasteiger partial charge < -0.3 is 4.74 Å². The number of carbonyl (C=O) groups excluding carboxylic acids is 1. The Kier molecular flexibility index (Phi) is 2.53. The fourth-order valence-electron chi connectivity index (χ4n) is 1.93. The predicted octanol–water partition coefficient (Wildman–Crippen LogP) is 2.35. The number of benzene rings is 1. The zero-order valence-corrected chi connectivity index (χ0v) is 8.27. The minimum Gasteiger partial charge on any atom is -0.465 e. The second-order valence-electron chi connectivity index (χ2n) is 3.88. The smallest absolute Gasteiger partial charge is 0.306 e. The number of esters is 1. The lowest BCUT2D eigenvalue weighted by Gasteiger charge is -2.28. The largest absolute Gasteiger partial charge is 0.465 e. The number of hydrogen-bond donors (Lipinski definition) is 0. The van der Waals surface area contributed by atoms with Crippen LogP contribution in [-0.2, 0) is 9.53 Å². The Hall–Kier alpha value is -1.31. The fraction of sp³-hybridized carbons (Fsp3) is 0.417. The minimum absolute atomic E-state index is 0.0723. The van der Waals surface area contributed by atoms with Crippen LogP contribution in [0.15, 0.2) is 30.3 Å². The highest BCUT2D eigenvalue weighted by atomic mass is 16.5. The van der Waals surface area contributed by atoms with Gasteiger partial charge in [-0.2, -0.15) is 0 Å². The van der Waals surface area contributed by atoms with Crippen LogP contribution in [0, 0.1) is 5.92 Å². The molecule has 2 atom stereocenters. The average Bonchev–Trinajstić information content (AvgIpc) is 2.23. The quantitative estimate of drug-likeness (QED) is 0.635. The molecule has 0 spiro atoms. The van der Waals surface area contributed by atoms with E-state index in [9.17, 15) is 4.79 Å². The third-order valence-corrected chi connectivity index (χ3v) is 2.81. The van der Waals surface area contributed by atoms with Crippen LogP contribution in [0.3, 0.4) is 0 Å². The zero-order chi connectivity index (χ0) is 9.97. The van der Waals surface area contributed by atoms with Crippen molar-refractivity contribution in [2.45, 2.75) is 19.3 Å². The topological polar surface area (TPSA) is 26.3 Å². The number of carbonyl (C=O) groups is 1. The lowest BCUT2D eigenvalue weighted by atomic mass is 9.84. The standard InChI is InChI=1S/C12H14O2/c1-9-8-14-12(13)7-11(9)10-5-3-2-4-6-10/h2-6,9,11H,7-8H2,1H3/t9-,11?/m0/s1. The van der Waals surface area contributed by atoms with E-state index in [0.29, 0.717) is 24.9 Å². The summed E-state index contributed by atoms with van der Waals surface area (Å²) in [5, 5.41) is 0. The first-order valence-electron chi connectivity index (χ1n) is 4.98. The van der Waals surface area contributed by atoms with E-state index in [-0.39, 0.29) is 5.97 Å². The number of ether oxygens (including phenoxy) is 1. The van der Waals surface area contributed by atoms with Gasteiger partial charge in [0.15, 0.2) is 0 Å². The van der Waals surface area contributed by atoms with Gasteiger partial charge in [0, 0.05) is 5.92 Å². The molecule has 14 heavy (non-hydrogen) atoms. The van der Waals surface area contributed by atoms with Crippen molar-refractivity contribution in [3.05, 3.63) is 35.9 Å². The Bertz CT molecular complexity index is 318. The summed E-state index contributed by atoms with van der Waals surface area (Å²) in [6, 6.07) is 10.2. The van der Waals surface area contributed by atoms with Crippen LogP contribution >= 0.6 is 0 Å². The van der Waals surface area contributed by atoms with Crippen molar-refractivity contribution in [2.75, 3.05) is 6.61 Å². The Morgan fingerprint density at radius 3 is 2.71 bits per heavy atom. The summed E-state index contributed by atoms with van der Waals surface area (Å²) in [7, 11) is 0. The van der Waals surface area contributed by atoms with E-state index >= 15 is 0 Å². The fourth-order valence-corrected chi connectivity index (χ4v) is 1.93. The van der Waals surface area contributed by atoms with Gasteiger partial charge in [-0.15, -0.1) is 0 Å². The molecule has 0 radical (unpaired) electrons. The maximum atomic E-state index is 11.2. The molecule has 2 nitrogen and oxygen atoms in total. The molecule has 1 aromatic carbocycles. The molecule has 0 N–H and O–H groups in total. The molecule has 1 aromatic rings. The van der Waals surface area contributed by atoms with Crippen molar-refractivity contribution in [3.63, 3.8) is 0 Å². The highest BCUT2D eigenvalue weighted by molar-refractivity contribution is 5.71. The number of cyclic esters (lactones) is 1. The molecule has 1 saturated heterocycles. The average molecular weight is 190 g/mol. The van der Waals surface area contributed by atoms with Gasteiger partial charge in [-0.1, -0.05) is 37.3 Å². The highest BCUT2D eigenvalue weighted by Crippen LogP contribution is 2.31. The molecule has 2 rings (SSSR count). The van der Waals surface area contributed by atoms with Gasteiger partial charge in [0.05, 0.1) is 13.0 Å². The molecule has 74 valence electrons. The van der Waals surface area contributed by atoms with Crippen LogP contribution in [0.4, 0.5) is 0 Å². The predicted molar refractivity (Wildman–Crippen MR) is 53.9 cm³/mol. The molecule has 1 aliphatic rings. The van der Waals surface area contributed by atoms with Gasteiger partial charge in [-0.25, -0.2) is 0 Å². The first-order valence-corrected chi connectivity index (χ1v) is 4.98. The van der Waals surface area contributed by atoms with Crippen molar-refractivity contribution in [1.29, 1.82) is 0 Å². The highest BCUT2D eigenvalue weighted by Gasteiger charge is 2.28. The summed E-state index contributed by atoms with van der Waals surface area (Å²) in [5.41, 5.74) is 1.25. The van der Waals surface area contributed by atoms with E-state index < -0.39 is 0 Å². The van der Waals surface area contributed by atoms with E-state index in [1.165, 1.54) is 5.56 Å². The normalized spacial score (nSPS) is 27.1. The van der Waals surface area contributed by atoms with E-state index in [0.717, 1.165) is 0 Å². The van der Waals surface area contributed by atoms with Crippen LogP contribution < -0.4 is 0 Å². The molecule has 1 heterocycles. The molecular weight excluding hydrogens is 176 g/mol. The van der Waals surface area contributed by atoms with E-state index in [4.69, 9.17) is 4.74 Å². The monoisotopic (exact) mass is 190 g/mol. The summed E-state index contributed by atoms with van der Waals surface area (Å²) in [6.45, 7) is 2.68. The van der Waals surface area contributed by atoms with E-state index in [1.807, 2.05) is 18.2 Å². The zero-order valence-electron chi connectivity index (χ0n) is 8.27. The molecule has 0 amide bonds. The third-order valence-electron chi connectivity index (χ3n) is 2.81. The van der Waals surface area contributed by atoms with Gasteiger partial charge >= 0.3 is 5.97 Å². The molecule has 1 aliphatic heterocycles. The van der Waals surface area contributed by atoms with Crippen molar-refractivity contribution >= 4 is 5.97 Å². The Balaban J connectivity index is 2.20. The van der Waals surface area contributed by atoms with Gasteiger partial charge in [0.2, 0.25) is 0 Å². The maximum Gasteiger partial charge on any atom is 0.306 e. The molecular formula is C12H14O2. The summed E-state index contributed by atoms with van der Waals surface area (Å²) in [5.74, 6) is 0.685. The summed E-state index contributed by atoms with van der Waals surface area (Å²) in [6.07, 6.45) is 0.519. The molecule has 1 fully saturated rings. The van der Waals surface area contributed by atoms with Crippen LogP contribution in [0.5, 0.6) is 0 Å². The lowest BCUT2D eigenvalue weighted by Crippen LogP contribution is -2.27. The van der Waals surface area contributed by atoms with Crippen LogP contribution in [0.1, 0.15) is 24.8 Å². The van der Waals surface area contributed by atoms with Crippen molar-refractivity contribution in [3.8, 4) is 0 Å². The van der Waals surface area contributed by atoms with Crippen LogP contribution in [0.25, 0.3) is 0 Å². The maximum absolute atomic E-state index is 11.2. The summed E-state index contributed by atoms with van der Waals surface area (Å²) in [4.78, 5) is 11.2. The van der Waals surface area contributed by atoms with Crippen LogP contribution in [-0.4, -0.2) is 12.6 Å². The third kappa shape index (κ3) is 1.79. The number of hydrogen-bond acceptors (Lipinski definition) is 2. The molecule has 0 aliphatic carbocycles. The Morgan fingerprint density at radius 2 is 2.00 bits per heavy atom. The SMILES string of the molecule is C[C@H]1COC(=O)CC1c1ccccc1. The van der Waals surface area contributed by atoms with Gasteiger partial charge in [0.1, 0.15) is 0 Å². The Labute approximate surface area is 83.9 Å². The Morgan fingerprint density at radius 1 is 1.29 bits per heavy atom. The van der Waals surface area contributed by atoms with Crippen molar-refractivity contribution in [1.82, 2.24) is 0 Å².